The average molecular weight is 382 g/mol. The molecule has 1 saturated carbocycles. The largest absolute Gasteiger partial charge is 0.463 e. The van der Waals surface area contributed by atoms with Crippen LogP contribution in [-0.4, -0.2) is 25.2 Å². The Kier molecular flexibility index (Phi) is 5.81. The molecule has 28 heavy (non-hydrogen) atoms. The standard InChI is InChI=1S/C21H28N6O/c1-16(2)20(21-23-24-25-27(21)18-8-3-4-9-18)26(15-19-10-6-12-28-19)14-17-7-5-11-22-13-17/h5-7,10-13,16,18,20H,3-4,8-9,14-15H2,1-2H3/p+1/t20-/m1/s1. The second-order valence-corrected chi connectivity index (χ2v) is 8.09. The summed E-state index contributed by atoms with van der Waals surface area (Å²) in [4.78, 5) is 5.67. The number of aromatic nitrogens is 5. The molecular weight excluding hydrogens is 352 g/mol. The van der Waals surface area contributed by atoms with Gasteiger partial charge in [0.2, 0.25) is 5.82 Å². The molecule has 4 rings (SSSR count). The number of hydrogen-bond donors (Lipinski definition) is 1. The zero-order valence-corrected chi connectivity index (χ0v) is 16.7. The van der Waals surface area contributed by atoms with E-state index < -0.39 is 0 Å². The predicted octanol–water partition coefficient (Wildman–Crippen LogP) is 2.76. The maximum Gasteiger partial charge on any atom is 0.209 e. The molecule has 7 heteroatoms. The van der Waals surface area contributed by atoms with E-state index in [1.807, 2.05) is 30.6 Å². The summed E-state index contributed by atoms with van der Waals surface area (Å²) in [7, 11) is 0. The lowest BCUT2D eigenvalue weighted by Gasteiger charge is -2.30. The van der Waals surface area contributed by atoms with Crippen LogP contribution in [0.4, 0.5) is 0 Å². The Hall–Kier alpha value is -2.54. The van der Waals surface area contributed by atoms with E-state index in [2.05, 4.69) is 45.1 Å². The third-order valence-electron chi connectivity index (χ3n) is 5.71. The van der Waals surface area contributed by atoms with Crippen molar-refractivity contribution in [3.8, 4) is 0 Å². The summed E-state index contributed by atoms with van der Waals surface area (Å²) in [6.07, 6.45) is 10.3. The number of pyridine rings is 1. The fourth-order valence-electron chi connectivity index (χ4n) is 4.45. The minimum absolute atomic E-state index is 0.168. The molecule has 0 aromatic carbocycles. The molecule has 1 fully saturated rings. The van der Waals surface area contributed by atoms with Gasteiger partial charge < -0.3 is 9.32 Å². The lowest BCUT2D eigenvalue weighted by atomic mass is 10.00. The molecule has 148 valence electrons. The van der Waals surface area contributed by atoms with Crippen molar-refractivity contribution in [3.05, 3.63) is 60.1 Å². The Bertz CT molecular complexity index is 839. The number of quaternary nitrogens is 1. The fourth-order valence-corrected chi connectivity index (χ4v) is 4.45. The van der Waals surface area contributed by atoms with Gasteiger partial charge in [0.05, 0.1) is 12.3 Å². The second kappa shape index (κ2) is 8.65. The summed E-state index contributed by atoms with van der Waals surface area (Å²) < 4.78 is 7.78. The Morgan fingerprint density at radius 3 is 2.71 bits per heavy atom. The lowest BCUT2D eigenvalue weighted by molar-refractivity contribution is -0.963. The van der Waals surface area contributed by atoms with E-state index in [0.29, 0.717) is 12.0 Å². The number of rotatable bonds is 8. The van der Waals surface area contributed by atoms with E-state index in [1.54, 1.807) is 6.26 Å². The minimum Gasteiger partial charge on any atom is -0.463 e. The van der Waals surface area contributed by atoms with Gasteiger partial charge in [-0.1, -0.05) is 32.8 Å². The fraction of sp³-hybridized carbons (Fsp3) is 0.524. The maximum atomic E-state index is 5.68. The number of hydrogen-bond acceptors (Lipinski definition) is 5. The molecule has 0 aliphatic heterocycles. The Balaban J connectivity index is 1.67. The molecule has 1 N–H and O–H groups in total. The Morgan fingerprint density at radius 2 is 2.04 bits per heavy atom. The Morgan fingerprint density at radius 1 is 1.18 bits per heavy atom. The van der Waals surface area contributed by atoms with Crippen LogP contribution < -0.4 is 4.90 Å². The quantitative estimate of drug-likeness (QED) is 0.649. The monoisotopic (exact) mass is 381 g/mol. The predicted molar refractivity (Wildman–Crippen MR) is 104 cm³/mol. The van der Waals surface area contributed by atoms with Crippen molar-refractivity contribution in [1.29, 1.82) is 0 Å². The second-order valence-electron chi connectivity index (χ2n) is 8.09. The van der Waals surface area contributed by atoms with Gasteiger partial charge in [0.25, 0.3) is 0 Å². The zero-order valence-electron chi connectivity index (χ0n) is 16.7. The van der Waals surface area contributed by atoms with Crippen LogP contribution in [0.1, 0.15) is 68.8 Å². The molecule has 0 amide bonds. The van der Waals surface area contributed by atoms with Gasteiger partial charge in [-0.25, -0.2) is 4.68 Å². The molecule has 7 nitrogen and oxygen atoms in total. The highest BCUT2D eigenvalue weighted by Crippen LogP contribution is 2.31. The summed E-state index contributed by atoms with van der Waals surface area (Å²) in [6.45, 7) is 6.13. The zero-order chi connectivity index (χ0) is 19.3. The van der Waals surface area contributed by atoms with Gasteiger partial charge in [0.15, 0.2) is 11.8 Å². The number of furan rings is 1. The van der Waals surface area contributed by atoms with Crippen molar-refractivity contribution in [2.24, 2.45) is 5.92 Å². The molecule has 0 radical (unpaired) electrons. The number of nitrogens with one attached hydrogen (secondary N) is 1. The van der Waals surface area contributed by atoms with Crippen molar-refractivity contribution in [2.75, 3.05) is 0 Å². The van der Waals surface area contributed by atoms with Crippen LogP contribution >= 0.6 is 0 Å². The van der Waals surface area contributed by atoms with Crippen LogP contribution in [0, 0.1) is 5.92 Å². The van der Waals surface area contributed by atoms with Gasteiger partial charge in [0, 0.05) is 23.9 Å². The number of nitrogens with zero attached hydrogens (tertiary/aromatic N) is 5. The third-order valence-corrected chi connectivity index (χ3v) is 5.71. The molecule has 3 aromatic rings. The molecule has 2 atom stereocenters. The lowest BCUT2D eigenvalue weighted by Crippen LogP contribution is -3.10. The van der Waals surface area contributed by atoms with Gasteiger partial charge in [-0.15, -0.1) is 5.10 Å². The van der Waals surface area contributed by atoms with Crippen LogP contribution in [0.15, 0.2) is 47.3 Å². The van der Waals surface area contributed by atoms with Gasteiger partial charge in [0.1, 0.15) is 13.1 Å². The summed E-state index contributed by atoms with van der Waals surface area (Å²) in [6, 6.07) is 8.71. The van der Waals surface area contributed by atoms with E-state index >= 15 is 0 Å². The SMILES string of the molecule is CC(C)[C@H](c1nnnn1C1CCCC1)[NH+](Cc1cccnc1)Cc1ccco1. The molecule has 0 spiro atoms. The highest BCUT2D eigenvalue weighted by atomic mass is 16.3. The minimum atomic E-state index is 0.168. The molecule has 1 unspecified atom stereocenters. The molecular formula is C21H29N6O+. The molecule has 1 aliphatic rings. The average Bonchev–Trinajstić information content (AvgIpc) is 3.45. The van der Waals surface area contributed by atoms with Crippen LogP contribution in [0.3, 0.4) is 0 Å². The summed E-state index contributed by atoms with van der Waals surface area (Å²) in [5.74, 6) is 2.35. The van der Waals surface area contributed by atoms with E-state index in [4.69, 9.17) is 4.42 Å². The van der Waals surface area contributed by atoms with E-state index in [9.17, 15) is 0 Å². The first kappa shape index (κ1) is 18.8. The van der Waals surface area contributed by atoms with Crippen LogP contribution in [-0.2, 0) is 13.1 Å². The maximum absolute atomic E-state index is 5.68. The molecule has 3 aromatic heterocycles. The molecule has 0 saturated heterocycles. The molecule has 3 heterocycles. The van der Waals surface area contributed by atoms with Gasteiger partial charge >= 0.3 is 0 Å². The van der Waals surface area contributed by atoms with E-state index in [0.717, 1.165) is 24.7 Å². The van der Waals surface area contributed by atoms with Crippen molar-refractivity contribution in [3.63, 3.8) is 0 Å². The van der Waals surface area contributed by atoms with Crippen molar-refractivity contribution in [1.82, 2.24) is 25.2 Å². The summed E-state index contributed by atoms with van der Waals surface area (Å²) >= 11 is 0. The van der Waals surface area contributed by atoms with Crippen LogP contribution in [0.2, 0.25) is 0 Å². The van der Waals surface area contributed by atoms with Crippen LogP contribution in [0.25, 0.3) is 0 Å². The summed E-state index contributed by atoms with van der Waals surface area (Å²) in [5, 5.41) is 13.0. The topological polar surface area (TPSA) is 74.1 Å². The van der Waals surface area contributed by atoms with Crippen molar-refractivity contribution in [2.45, 2.75) is 64.7 Å². The van der Waals surface area contributed by atoms with Crippen LogP contribution in [0.5, 0.6) is 0 Å². The highest BCUT2D eigenvalue weighted by molar-refractivity contribution is 5.07. The third kappa shape index (κ3) is 4.14. The van der Waals surface area contributed by atoms with E-state index in [-0.39, 0.29) is 6.04 Å². The highest BCUT2D eigenvalue weighted by Gasteiger charge is 2.35. The van der Waals surface area contributed by atoms with Crippen molar-refractivity contribution >= 4 is 0 Å². The first-order chi connectivity index (χ1) is 13.7. The normalized spacial score (nSPS) is 17.2. The van der Waals surface area contributed by atoms with Crippen molar-refractivity contribution < 1.29 is 9.32 Å². The molecule has 0 bridgehead atoms. The van der Waals surface area contributed by atoms with E-state index in [1.165, 1.54) is 36.1 Å². The smallest absolute Gasteiger partial charge is 0.209 e. The first-order valence-electron chi connectivity index (χ1n) is 10.3. The van der Waals surface area contributed by atoms with Gasteiger partial charge in [-0.2, -0.15) is 0 Å². The van der Waals surface area contributed by atoms with Gasteiger partial charge in [-0.05, 0) is 41.5 Å². The first-order valence-corrected chi connectivity index (χ1v) is 10.3. The molecule has 1 aliphatic carbocycles. The van der Waals surface area contributed by atoms with Gasteiger partial charge in [-0.3, -0.25) is 4.98 Å². The summed E-state index contributed by atoms with van der Waals surface area (Å²) in [5.41, 5.74) is 1.20. The number of tetrazole rings is 1. The Labute approximate surface area is 165 Å².